The van der Waals surface area contributed by atoms with Gasteiger partial charge in [-0.25, -0.2) is 4.79 Å². The average Bonchev–Trinajstić information content (AvgIpc) is 2.57. The van der Waals surface area contributed by atoms with E-state index in [1.165, 1.54) is 6.07 Å². The van der Waals surface area contributed by atoms with Crippen molar-refractivity contribution in [2.24, 2.45) is 0 Å². The molecule has 118 valence electrons. The van der Waals surface area contributed by atoms with Gasteiger partial charge >= 0.3 is 11.6 Å². The standard InChI is InChI=1S/C19H18O4/c1-2-3-8-17(20)22-12-14-11-18(21)23-16-10-9-13-6-4-5-7-15(13)19(14)16/h4-7,9-11H,2-3,8,12H2,1H3. The fourth-order valence-electron chi connectivity index (χ4n) is 2.69. The smallest absolute Gasteiger partial charge is 0.336 e. The van der Waals surface area contributed by atoms with Gasteiger partial charge in [-0.3, -0.25) is 4.79 Å². The monoisotopic (exact) mass is 310 g/mol. The van der Waals surface area contributed by atoms with E-state index in [0.717, 1.165) is 29.0 Å². The summed E-state index contributed by atoms with van der Waals surface area (Å²) in [6.07, 6.45) is 2.15. The highest BCUT2D eigenvalue weighted by atomic mass is 16.5. The van der Waals surface area contributed by atoms with E-state index >= 15 is 0 Å². The van der Waals surface area contributed by atoms with Crippen LogP contribution < -0.4 is 5.63 Å². The molecule has 0 spiro atoms. The molecule has 1 heterocycles. The van der Waals surface area contributed by atoms with Crippen molar-refractivity contribution in [3.63, 3.8) is 0 Å². The van der Waals surface area contributed by atoms with Crippen LogP contribution in [0.1, 0.15) is 31.7 Å². The van der Waals surface area contributed by atoms with Crippen LogP contribution >= 0.6 is 0 Å². The maximum atomic E-state index is 11.7. The van der Waals surface area contributed by atoms with E-state index in [1.54, 1.807) is 6.07 Å². The van der Waals surface area contributed by atoms with E-state index in [1.807, 2.05) is 37.3 Å². The zero-order chi connectivity index (χ0) is 16.2. The minimum atomic E-state index is -0.438. The molecular formula is C19H18O4. The SMILES string of the molecule is CCCCC(=O)OCc1cc(=O)oc2ccc3ccccc3c12. The van der Waals surface area contributed by atoms with Crippen molar-refractivity contribution in [1.82, 2.24) is 0 Å². The fourth-order valence-corrected chi connectivity index (χ4v) is 2.69. The number of carbonyl (C=O) groups is 1. The Morgan fingerprint density at radius 3 is 2.83 bits per heavy atom. The summed E-state index contributed by atoms with van der Waals surface area (Å²) < 4.78 is 10.6. The van der Waals surface area contributed by atoms with Crippen LogP contribution in [-0.2, 0) is 16.1 Å². The summed E-state index contributed by atoms with van der Waals surface area (Å²) in [4.78, 5) is 23.5. The Morgan fingerprint density at radius 2 is 2.00 bits per heavy atom. The van der Waals surface area contributed by atoms with Gasteiger partial charge in [-0.1, -0.05) is 43.7 Å². The van der Waals surface area contributed by atoms with Crippen LogP contribution in [0.3, 0.4) is 0 Å². The quantitative estimate of drug-likeness (QED) is 0.403. The summed E-state index contributed by atoms with van der Waals surface area (Å²) in [5, 5.41) is 2.85. The highest BCUT2D eigenvalue weighted by Gasteiger charge is 2.11. The number of rotatable bonds is 5. The molecule has 3 rings (SSSR count). The fraction of sp³-hybridized carbons (Fsp3) is 0.263. The number of hydrogen-bond acceptors (Lipinski definition) is 4. The molecule has 0 unspecified atom stereocenters. The van der Waals surface area contributed by atoms with Gasteiger partial charge in [0.05, 0.1) is 0 Å². The average molecular weight is 310 g/mol. The van der Waals surface area contributed by atoms with Crippen molar-refractivity contribution >= 4 is 27.7 Å². The van der Waals surface area contributed by atoms with Crippen molar-refractivity contribution in [2.75, 3.05) is 0 Å². The number of hydrogen-bond donors (Lipinski definition) is 0. The molecule has 0 atom stereocenters. The molecule has 4 heteroatoms. The second-order valence-electron chi connectivity index (χ2n) is 5.51. The molecule has 0 aliphatic rings. The lowest BCUT2D eigenvalue weighted by atomic mass is 10.0. The Labute approximate surface area is 133 Å². The van der Waals surface area contributed by atoms with Gasteiger partial charge in [-0.2, -0.15) is 0 Å². The first-order chi connectivity index (χ1) is 11.2. The van der Waals surface area contributed by atoms with E-state index in [-0.39, 0.29) is 12.6 Å². The first-order valence-electron chi connectivity index (χ1n) is 7.79. The molecule has 0 aliphatic heterocycles. The predicted molar refractivity (Wildman–Crippen MR) is 89.3 cm³/mol. The molecule has 0 bridgehead atoms. The van der Waals surface area contributed by atoms with Crippen molar-refractivity contribution in [3.05, 3.63) is 58.4 Å². The minimum absolute atomic E-state index is 0.0820. The van der Waals surface area contributed by atoms with Gasteiger partial charge in [0.2, 0.25) is 0 Å². The molecule has 1 aromatic heterocycles. The van der Waals surface area contributed by atoms with Gasteiger partial charge in [-0.05, 0) is 23.3 Å². The molecule has 0 aliphatic carbocycles. The van der Waals surface area contributed by atoms with E-state index in [4.69, 9.17) is 9.15 Å². The first kappa shape index (κ1) is 15.3. The van der Waals surface area contributed by atoms with Gasteiger partial charge in [0, 0.05) is 23.4 Å². The zero-order valence-electron chi connectivity index (χ0n) is 13.0. The molecule has 2 aromatic carbocycles. The molecule has 0 N–H and O–H groups in total. The molecule has 0 saturated heterocycles. The molecule has 0 saturated carbocycles. The normalized spacial score (nSPS) is 11.0. The summed E-state index contributed by atoms with van der Waals surface area (Å²) in [6.45, 7) is 2.11. The van der Waals surface area contributed by atoms with Gasteiger partial charge in [-0.15, -0.1) is 0 Å². The number of fused-ring (bicyclic) bond motifs is 3. The molecule has 4 nitrogen and oxygen atoms in total. The maximum Gasteiger partial charge on any atom is 0.336 e. The Bertz CT molecular complexity index is 908. The van der Waals surface area contributed by atoms with E-state index in [9.17, 15) is 9.59 Å². The zero-order valence-corrected chi connectivity index (χ0v) is 13.0. The summed E-state index contributed by atoms with van der Waals surface area (Å²) in [5.41, 5.74) is 0.751. The van der Waals surface area contributed by atoms with Crippen LogP contribution in [0.5, 0.6) is 0 Å². The van der Waals surface area contributed by atoms with Crippen LogP contribution in [0.4, 0.5) is 0 Å². The Hall–Kier alpha value is -2.62. The van der Waals surface area contributed by atoms with Crippen LogP contribution in [0.25, 0.3) is 21.7 Å². The third-order valence-corrected chi connectivity index (χ3v) is 3.84. The highest BCUT2D eigenvalue weighted by Crippen LogP contribution is 2.27. The summed E-state index contributed by atoms with van der Waals surface area (Å²) in [6, 6.07) is 13.0. The third kappa shape index (κ3) is 3.26. The predicted octanol–water partition coefficient (Wildman–Crippen LogP) is 4.18. The molecule has 3 aromatic rings. The van der Waals surface area contributed by atoms with E-state index in [2.05, 4.69) is 0 Å². The van der Waals surface area contributed by atoms with Crippen molar-refractivity contribution in [1.29, 1.82) is 0 Å². The number of esters is 1. The lowest BCUT2D eigenvalue weighted by molar-refractivity contribution is -0.145. The number of carbonyl (C=O) groups excluding carboxylic acids is 1. The summed E-state index contributed by atoms with van der Waals surface area (Å²) in [7, 11) is 0. The summed E-state index contributed by atoms with van der Waals surface area (Å²) >= 11 is 0. The lowest BCUT2D eigenvalue weighted by Gasteiger charge is -2.09. The van der Waals surface area contributed by atoms with Gasteiger partial charge < -0.3 is 9.15 Å². The molecular weight excluding hydrogens is 292 g/mol. The van der Waals surface area contributed by atoms with Crippen molar-refractivity contribution in [3.8, 4) is 0 Å². The van der Waals surface area contributed by atoms with Crippen LogP contribution in [0.2, 0.25) is 0 Å². The van der Waals surface area contributed by atoms with Crippen LogP contribution in [0, 0.1) is 0 Å². The second-order valence-corrected chi connectivity index (χ2v) is 5.51. The Kier molecular flexibility index (Phi) is 4.42. The van der Waals surface area contributed by atoms with Crippen molar-refractivity contribution < 1.29 is 13.9 Å². The highest BCUT2D eigenvalue weighted by molar-refractivity contribution is 6.07. The lowest BCUT2D eigenvalue weighted by Crippen LogP contribution is -2.07. The molecule has 0 amide bonds. The van der Waals surface area contributed by atoms with Gasteiger partial charge in [0.25, 0.3) is 0 Å². The second kappa shape index (κ2) is 6.65. The van der Waals surface area contributed by atoms with Crippen molar-refractivity contribution in [2.45, 2.75) is 32.8 Å². The molecule has 23 heavy (non-hydrogen) atoms. The van der Waals surface area contributed by atoms with E-state index in [0.29, 0.717) is 17.6 Å². The molecule has 0 radical (unpaired) electrons. The number of benzene rings is 2. The van der Waals surface area contributed by atoms with Gasteiger partial charge in [0.1, 0.15) is 12.2 Å². The summed E-state index contributed by atoms with van der Waals surface area (Å²) in [5.74, 6) is -0.242. The topological polar surface area (TPSA) is 56.5 Å². The first-order valence-corrected chi connectivity index (χ1v) is 7.79. The number of unbranched alkanes of at least 4 members (excludes halogenated alkanes) is 1. The minimum Gasteiger partial charge on any atom is -0.461 e. The Balaban J connectivity index is 2.03. The maximum absolute atomic E-state index is 11.7. The van der Waals surface area contributed by atoms with E-state index < -0.39 is 5.63 Å². The Morgan fingerprint density at radius 1 is 1.17 bits per heavy atom. The van der Waals surface area contributed by atoms with Crippen LogP contribution in [0.15, 0.2) is 51.7 Å². The largest absolute Gasteiger partial charge is 0.461 e. The van der Waals surface area contributed by atoms with Gasteiger partial charge in [0.15, 0.2) is 0 Å². The number of ether oxygens (including phenoxy) is 1. The molecule has 0 fully saturated rings. The third-order valence-electron chi connectivity index (χ3n) is 3.84. The van der Waals surface area contributed by atoms with Crippen LogP contribution in [-0.4, -0.2) is 5.97 Å².